The molecule has 0 saturated heterocycles. The maximum absolute atomic E-state index is 11.8. The maximum Gasteiger partial charge on any atom is 0.244 e. The summed E-state index contributed by atoms with van der Waals surface area (Å²) in [6.07, 6.45) is 8.18. The lowest BCUT2D eigenvalue weighted by Gasteiger charge is -2.05. The fraction of sp³-hybridized carbons (Fsp3) is 0.167. The fourth-order valence-electron chi connectivity index (χ4n) is 2.28. The molecule has 0 fully saturated rings. The highest BCUT2D eigenvalue weighted by molar-refractivity contribution is 5.91. The Bertz CT molecular complexity index is 820. The third-order valence-electron chi connectivity index (χ3n) is 3.50. The minimum atomic E-state index is -0.163. The molecule has 6 nitrogen and oxygen atoms in total. The third kappa shape index (κ3) is 3.98. The highest BCUT2D eigenvalue weighted by Crippen LogP contribution is 2.17. The Labute approximate surface area is 139 Å². The van der Waals surface area contributed by atoms with E-state index < -0.39 is 0 Å². The van der Waals surface area contributed by atoms with Crippen LogP contribution in [0.2, 0.25) is 0 Å². The predicted octanol–water partition coefficient (Wildman–Crippen LogP) is 2.68. The third-order valence-corrected chi connectivity index (χ3v) is 3.50. The Balaban J connectivity index is 1.53. The average molecular weight is 322 g/mol. The molecule has 3 aromatic heterocycles. The van der Waals surface area contributed by atoms with E-state index >= 15 is 0 Å². The topological polar surface area (TPSA) is 73.0 Å². The van der Waals surface area contributed by atoms with E-state index in [1.807, 2.05) is 29.8 Å². The van der Waals surface area contributed by atoms with Gasteiger partial charge in [-0.15, -0.1) is 0 Å². The second-order valence-electron chi connectivity index (χ2n) is 5.28. The molecule has 1 N–H and O–H groups in total. The van der Waals surface area contributed by atoms with Crippen molar-refractivity contribution in [2.45, 2.75) is 13.5 Å². The van der Waals surface area contributed by atoms with Gasteiger partial charge in [0.15, 0.2) is 0 Å². The van der Waals surface area contributed by atoms with E-state index in [-0.39, 0.29) is 5.91 Å². The Hall–Kier alpha value is -3.15. The second-order valence-corrected chi connectivity index (χ2v) is 5.28. The largest absolute Gasteiger partial charge is 0.465 e. The number of hydrogen-bond acceptors (Lipinski definition) is 4. The van der Waals surface area contributed by atoms with Crippen LogP contribution in [0.15, 0.2) is 59.5 Å². The lowest BCUT2D eigenvalue weighted by Crippen LogP contribution is -2.26. The van der Waals surface area contributed by atoms with Crippen molar-refractivity contribution >= 4 is 12.0 Å². The number of hydrogen-bond donors (Lipinski definition) is 1. The summed E-state index contributed by atoms with van der Waals surface area (Å²) in [7, 11) is 0. The van der Waals surface area contributed by atoms with Gasteiger partial charge in [-0.2, -0.15) is 5.10 Å². The molecule has 3 heterocycles. The van der Waals surface area contributed by atoms with Crippen molar-refractivity contribution in [3.05, 3.63) is 66.5 Å². The van der Waals surface area contributed by atoms with E-state index in [0.29, 0.717) is 18.8 Å². The zero-order chi connectivity index (χ0) is 16.8. The highest BCUT2D eigenvalue weighted by Gasteiger charge is 2.06. The molecule has 0 aliphatic heterocycles. The number of rotatable bonds is 6. The lowest BCUT2D eigenvalue weighted by molar-refractivity contribution is -0.116. The van der Waals surface area contributed by atoms with Crippen molar-refractivity contribution in [3.63, 3.8) is 0 Å². The zero-order valence-electron chi connectivity index (χ0n) is 13.3. The van der Waals surface area contributed by atoms with E-state index in [2.05, 4.69) is 15.4 Å². The first-order valence-corrected chi connectivity index (χ1v) is 7.66. The Kier molecular flexibility index (Phi) is 4.86. The molecule has 0 bridgehead atoms. The summed E-state index contributed by atoms with van der Waals surface area (Å²) >= 11 is 0. The van der Waals surface area contributed by atoms with E-state index in [0.717, 1.165) is 17.0 Å². The van der Waals surface area contributed by atoms with Gasteiger partial charge in [-0.05, 0) is 43.3 Å². The predicted molar refractivity (Wildman–Crippen MR) is 90.9 cm³/mol. The smallest absolute Gasteiger partial charge is 0.244 e. The number of nitrogens with one attached hydrogen (secondary N) is 1. The fourth-order valence-corrected chi connectivity index (χ4v) is 2.28. The Morgan fingerprint density at radius 2 is 2.29 bits per heavy atom. The molecule has 0 atom stereocenters. The molecule has 0 saturated carbocycles. The standard InChI is InChI=1S/C18H18N4O2/c1-14-12-17(15-4-2-8-19-13-15)21-22(14)10-9-20-18(23)7-6-16-5-3-11-24-16/h2-8,11-13H,9-10H2,1H3,(H,20,23)/b7-6+. The van der Waals surface area contributed by atoms with Gasteiger partial charge in [0.05, 0.1) is 18.5 Å². The number of pyridine rings is 1. The molecule has 0 radical (unpaired) electrons. The first-order valence-electron chi connectivity index (χ1n) is 7.66. The van der Waals surface area contributed by atoms with Crippen LogP contribution in [0.4, 0.5) is 0 Å². The molecule has 3 aromatic rings. The molecular formula is C18H18N4O2. The van der Waals surface area contributed by atoms with Crippen molar-refractivity contribution in [1.29, 1.82) is 0 Å². The SMILES string of the molecule is Cc1cc(-c2cccnc2)nn1CCNC(=O)/C=C/c1ccco1. The quantitative estimate of drug-likeness (QED) is 0.708. The summed E-state index contributed by atoms with van der Waals surface area (Å²) < 4.78 is 7.01. The van der Waals surface area contributed by atoms with E-state index in [1.54, 1.807) is 36.9 Å². The monoisotopic (exact) mass is 322 g/mol. The van der Waals surface area contributed by atoms with Gasteiger partial charge in [-0.3, -0.25) is 14.5 Å². The highest BCUT2D eigenvalue weighted by atomic mass is 16.3. The van der Waals surface area contributed by atoms with Crippen molar-refractivity contribution < 1.29 is 9.21 Å². The molecule has 0 spiro atoms. The molecule has 1 amide bonds. The van der Waals surface area contributed by atoms with Crippen molar-refractivity contribution in [2.75, 3.05) is 6.54 Å². The Morgan fingerprint density at radius 3 is 3.04 bits per heavy atom. The molecule has 0 unspecified atom stereocenters. The van der Waals surface area contributed by atoms with Crippen LogP contribution in [0, 0.1) is 6.92 Å². The summed E-state index contributed by atoms with van der Waals surface area (Å²) in [6, 6.07) is 9.43. The number of aromatic nitrogens is 3. The molecule has 6 heteroatoms. The molecule has 0 aromatic carbocycles. The van der Waals surface area contributed by atoms with Gasteiger partial charge in [0.1, 0.15) is 5.76 Å². The molecule has 0 aliphatic carbocycles. The van der Waals surface area contributed by atoms with Gasteiger partial charge in [-0.1, -0.05) is 0 Å². The van der Waals surface area contributed by atoms with Gasteiger partial charge in [-0.25, -0.2) is 0 Å². The normalized spacial score (nSPS) is 11.0. The number of carbonyl (C=O) groups excluding carboxylic acids is 1. The molecule has 24 heavy (non-hydrogen) atoms. The number of furan rings is 1. The number of carbonyl (C=O) groups is 1. The van der Waals surface area contributed by atoms with Gasteiger partial charge >= 0.3 is 0 Å². The van der Waals surface area contributed by atoms with Crippen LogP contribution in [0.25, 0.3) is 17.3 Å². The number of nitrogens with zero attached hydrogens (tertiary/aromatic N) is 3. The average Bonchev–Trinajstić information content (AvgIpc) is 3.24. The molecule has 122 valence electrons. The van der Waals surface area contributed by atoms with Crippen LogP contribution < -0.4 is 5.32 Å². The maximum atomic E-state index is 11.8. The van der Waals surface area contributed by atoms with Crippen LogP contribution in [-0.2, 0) is 11.3 Å². The molecular weight excluding hydrogens is 304 g/mol. The van der Waals surface area contributed by atoms with Crippen LogP contribution in [-0.4, -0.2) is 27.2 Å². The minimum Gasteiger partial charge on any atom is -0.465 e. The zero-order valence-corrected chi connectivity index (χ0v) is 13.3. The van der Waals surface area contributed by atoms with Crippen LogP contribution in [0.1, 0.15) is 11.5 Å². The van der Waals surface area contributed by atoms with Gasteiger partial charge in [0, 0.05) is 36.3 Å². The van der Waals surface area contributed by atoms with Crippen molar-refractivity contribution in [2.24, 2.45) is 0 Å². The van der Waals surface area contributed by atoms with Gasteiger partial charge in [0.2, 0.25) is 5.91 Å². The first kappa shape index (κ1) is 15.7. The lowest BCUT2D eigenvalue weighted by atomic mass is 10.2. The van der Waals surface area contributed by atoms with E-state index in [9.17, 15) is 4.79 Å². The second kappa shape index (κ2) is 7.41. The van der Waals surface area contributed by atoms with Gasteiger partial charge < -0.3 is 9.73 Å². The summed E-state index contributed by atoms with van der Waals surface area (Å²) in [4.78, 5) is 15.9. The Morgan fingerprint density at radius 1 is 1.38 bits per heavy atom. The molecule has 0 aliphatic rings. The minimum absolute atomic E-state index is 0.163. The first-order chi connectivity index (χ1) is 11.7. The summed E-state index contributed by atoms with van der Waals surface area (Å²) in [5.41, 5.74) is 2.89. The molecule has 3 rings (SSSR count). The van der Waals surface area contributed by atoms with E-state index in [4.69, 9.17) is 4.42 Å². The van der Waals surface area contributed by atoms with Crippen molar-refractivity contribution in [1.82, 2.24) is 20.1 Å². The van der Waals surface area contributed by atoms with Crippen LogP contribution >= 0.6 is 0 Å². The summed E-state index contributed by atoms with van der Waals surface area (Å²) in [5.74, 6) is 0.484. The van der Waals surface area contributed by atoms with Gasteiger partial charge in [0.25, 0.3) is 0 Å². The van der Waals surface area contributed by atoms with Crippen molar-refractivity contribution in [3.8, 4) is 11.3 Å². The summed E-state index contributed by atoms with van der Waals surface area (Å²) in [5, 5.41) is 7.39. The van der Waals surface area contributed by atoms with E-state index in [1.165, 1.54) is 6.08 Å². The number of aryl methyl sites for hydroxylation is 1. The van der Waals surface area contributed by atoms with Crippen LogP contribution in [0.5, 0.6) is 0 Å². The van der Waals surface area contributed by atoms with Crippen LogP contribution in [0.3, 0.4) is 0 Å². The number of amides is 1. The summed E-state index contributed by atoms with van der Waals surface area (Å²) in [6.45, 7) is 3.09.